The number of carbonyl (C=O) groups is 1. The minimum Gasteiger partial charge on any atom is -0.480 e. The highest BCUT2D eigenvalue weighted by molar-refractivity contribution is 7.98. The second-order valence-corrected chi connectivity index (χ2v) is 5.03. The molecule has 16 heavy (non-hydrogen) atoms. The first-order valence-electron chi connectivity index (χ1n) is 6.17. The van der Waals surface area contributed by atoms with Crippen LogP contribution >= 0.6 is 11.8 Å². The molecule has 0 fully saturated rings. The van der Waals surface area contributed by atoms with Crippen LogP contribution in [0.1, 0.15) is 45.4 Å². The van der Waals surface area contributed by atoms with Crippen molar-refractivity contribution in [1.82, 2.24) is 5.32 Å². The van der Waals surface area contributed by atoms with Crippen LogP contribution in [0.4, 0.5) is 0 Å². The molecule has 2 N–H and O–H groups in total. The summed E-state index contributed by atoms with van der Waals surface area (Å²) in [6.07, 6.45) is 8.40. The molecule has 0 saturated heterocycles. The van der Waals surface area contributed by atoms with Gasteiger partial charge in [0.2, 0.25) is 0 Å². The number of rotatable bonds is 11. The quantitative estimate of drug-likeness (QED) is 0.551. The number of hydrogen-bond donors (Lipinski definition) is 2. The van der Waals surface area contributed by atoms with Crippen molar-refractivity contribution in [3.63, 3.8) is 0 Å². The van der Waals surface area contributed by atoms with E-state index in [1.165, 1.54) is 18.6 Å². The number of carboxylic acid groups (broad SMARTS) is 1. The lowest BCUT2D eigenvalue weighted by Gasteiger charge is -2.13. The van der Waals surface area contributed by atoms with Crippen LogP contribution < -0.4 is 5.32 Å². The topological polar surface area (TPSA) is 49.3 Å². The molecule has 3 nitrogen and oxygen atoms in total. The Labute approximate surface area is 103 Å². The normalized spacial score (nSPS) is 12.6. The maximum atomic E-state index is 10.9. The van der Waals surface area contributed by atoms with Gasteiger partial charge in [0.15, 0.2) is 0 Å². The van der Waals surface area contributed by atoms with Crippen LogP contribution in [0.25, 0.3) is 0 Å². The van der Waals surface area contributed by atoms with Gasteiger partial charge < -0.3 is 10.4 Å². The van der Waals surface area contributed by atoms with Crippen molar-refractivity contribution in [2.24, 2.45) is 0 Å². The summed E-state index contributed by atoms with van der Waals surface area (Å²) in [7, 11) is 0. The summed E-state index contributed by atoms with van der Waals surface area (Å²) < 4.78 is 0. The summed E-state index contributed by atoms with van der Waals surface area (Å²) in [5.41, 5.74) is 0. The molecule has 0 spiro atoms. The molecule has 0 aliphatic rings. The van der Waals surface area contributed by atoms with E-state index >= 15 is 0 Å². The first kappa shape index (κ1) is 15.8. The minimum absolute atomic E-state index is 0.347. The van der Waals surface area contributed by atoms with Gasteiger partial charge in [0, 0.05) is 0 Å². The molecular weight excluding hydrogens is 222 g/mol. The van der Waals surface area contributed by atoms with Gasteiger partial charge >= 0.3 is 5.97 Å². The molecule has 0 aromatic rings. The lowest BCUT2D eigenvalue weighted by Crippen LogP contribution is -2.37. The second-order valence-electron chi connectivity index (χ2n) is 4.04. The maximum absolute atomic E-state index is 10.9. The second kappa shape index (κ2) is 11.3. The van der Waals surface area contributed by atoms with Crippen molar-refractivity contribution in [3.8, 4) is 0 Å². The zero-order valence-electron chi connectivity index (χ0n) is 10.5. The molecule has 0 radical (unpaired) electrons. The Morgan fingerprint density at radius 1 is 1.31 bits per heavy atom. The van der Waals surface area contributed by atoms with Gasteiger partial charge in [0.05, 0.1) is 0 Å². The summed E-state index contributed by atoms with van der Waals surface area (Å²) in [5.74, 6) is 0.496. The molecule has 96 valence electrons. The molecule has 1 unspecified atom stereocenters. The van der Waals surface area contributed by atoms with Crippen molar-refractivity contribution in [2.45, 2.75) is 51.5 Å². The van der Waals surface area contributed by atoms with Crippen molar-refractivity contribution in [3.05, 3.63) is 0 Å². The summed E-state index contributed by atoms with van der Waals surface area (Å²) in [6.45, 7) is 2.91. The van der Waals surface area contributed by atoms with Crippen LogP contribution in [0.5, 0.6) is 0 Å². The molecule has 0 aromatic heterocycles. The van der Waals surface area contributed by atoms with Crippen molar-refractivity contribution in [2.75, 3.05) is 18.6 Å². The standard InChI is InChI=1S/C12H25NO2S/c1-3-4-8-11(12(14)15)13-9-6-5-7-10-16-2/h11,13H,3-10H2,1-2H3,(H,14,15). The first-order chi connectivity index (χ1) is 7.72. The summed E-state index contributed by atoms with van der Waals surface area (Å²) in [5, 5.41) is 12.1. The molecule has 0 bridgehead atoms. The Kier molecular flexibility index (Phi) is 11.1. The lowest BCUT2D eigenvalue weighted by atomic mass is 10.1. The Morgan fingerprint density at radius 3 is 2.62 bits per heavy atom. The number of unbranched alkanes of at least 4 members (excludes halogenated alkanes) is 3. The smallest absolute Gasteiger partial charge is 0.320 e. The van der Waals surface area contributed by atoms with Crippen molar-refractivity contribution in [1.29, 1.82) is 0 Å². The number of aliphatic carboxylic acids is 1. The van der Waals surface area contributed by atoms with Gasteiger partial charge in [-0.1, -0.05) is 26.2 Å². The zero-order chi connectivity index (χ0) is 12.2. The van der Waals surface area contributed by atoms with E-state index in [9.17, 15) is 4.79 Å². The summed E-state index contributed by atoms with van der Waals surface area (Å²) in [6, 6.07) is -0.347. The van der Waals surface area contributed by atoms with Crippen molar-refractivity contribution >= 4 is 17.7 Å². The minimum atomic E-state index is -0.711. The third-order valence-corrected chi connectivity index (χ3v) is 3.26. The number of nitrogens with one attached hydrogen (secondary N) is 1. The van der Waals surface area contributed by atoms with E-state index in [2.05, 4.69) is 18.5 Å². The van der Waals surface area contributed by atoms with Gasteiger partial charge in [-0.3, -0.25) is 4.79 Å². The van der Waals surface area contributed by atoms with Crippen LogP contribution in [-0.4, -0.2) is 35.7 Å². The highest BCUT2D eigenvalue weighted by atomic mass is 32.2. The molecule has 0 saturated carbocycles. The number of thioether (sulfide) groups is 1. The molecule has 0 aliphatic carbocycles. The van der Waals surface area contributed by atoms with Crippen LogP contribution in [0.2, 0.25) is 0 Å². The fourth-order valence-corrected chi connectivity index (χ4v) is 2.04. The zero-order valence-corrected chi connectivity index (χ0v) is 11.3. The van der Waals surface area contributed by atoms with Gasteiger partial charge in [-0.15, -0.1) is 0 Å². The Hall–Kier alpha value is -0.220. The van der Waals surface area contributed by atoms with Gasteiger partial charge in [-0.2, -0.15) is 11.8 Å². The largest absolute Gasteiger partial charge is 0.480 e. The molecule has 0 amide bonds. The van der Waals surface area contributed by atoms with E-state index in [4.69, 9.17) is 5.11 Å². The number of carboxylic acids is 1. The van der Waals surface area contributed by atoms with Gasteiger partial charge in [-0.25, -0.2) is 0 Å². The summed E-state index contributed by atoms with van der Waals surface area (Å²) in [4.78, 5) is 10.9. The van der Waals surface area contributed by atoms with Gasteiger partial charge in [0.25, 0.3) is 0 Å². The summed E-state index contributed by atoms with van der Waals surface area (Å²) >= 11 is 1.87. The van der Waals surface area contributed by atoms with E-state index in [1.807, 2.05) is 11.8 Å². The van der Waals surface area contributed by atoms with Crippen LogP contribution in [0, 0.1) is 0 Å². The average Bonchev–Trinajstić information content (AvgIpc) is 2.26. The molecule has 4 heteroatoms. The molecule has 0 heterocycles. The Bertz CT molecular complexity index is 176. The van der Waals surface area contributed by atoms with E-state index in [0.717, 1.165) is 32.2 Å². The van der Waals surface area contributed by atoms with E-state index in [1.54, 1.807) is 0 Å². The number of hydrogen-bond acceptors (Lipinski definition) is 3. The fourth-order valence-electron chi connectivity index (χ4n) is 1.55. The molecule has 0 rings (SSSR count). The molecular formula is C12H25NO2S. The predicted molar refractivity (Wildman–Crippen MR) is 71.2 cm³/mol. The van der Waals surface area contributed by atoms with Crippen LogP contribution in [0.15, 0.2) is 0 Å². The molecule has 0 aliphatic heterocycles. The van der Waals surface area contributed by atoms with E-state index < -0.39 is 5.97 Å². The maximum Gasteiger partial charge on any atom is 0.320 e. The fraction of sp³-hybridized carbons (Fsp3) is 0.917. The third kappa shape index (κ3) is 9.04. The van der Waals surface area contributed by atoms with Gasteiger partial charge in [-0.05, 0) is 37.8 Å². The highest BCUT2D eigenvalue weighted by Crippen LogP contribution is 2.03. The first-order valence-corrected chi connectivity index (χ1v) is 7.56. The van der Waals surface area contributed by atoms with E-state index in [0.29, 0.717) is 0 Å². The van der Waals surface area contributed by atoms with Crippen LogP contribution in [0.3, 0.4) is 0 Å². The van der Waals surface area contributed by atoms with Crippen LogP contribution in [-0.2, 0) is 4.79 Å². The van der Waals surface area contributed by atoms with Crippen molar-refractivity contribution < 1.29 is 9.90 Å². The Balaban J connectivity index is 3.48. The molecule has 1 atom stereocenters. The SMILES string of the molecule is CCCCC(NCCCCCSC)C(=O)O. The van der Waals surface area contributed by atoms with Gasteiger partial charge in [0.1, 0.15) is 6.04 Å². The molecule has 0 aromatic carbocycles. The average molecular weight is 247 g/mol. The van der Waals surface area contributed by atoms with E-state index in [-0.39, 0.29) is 6.04 Å². The lowest BCUT2D eigenvalue weighted by molar-refractivity contribution is -0.139. The third-order valence-electron chi connectivity index (χ3n) is 2.56. The highest BCUT2D eigenvalue weighted by Gasteiger charge is 2.14. The Morgan fingerprint density at radius 2 is 2.06 bits per heavy atom. The predicted octanol–water partition coefficient (Wildman–Crippen LogP) is 2.75. The monoisotopic (exact) mass is 247 g/mol.